The predicted octanol–water partition coefficient (Wildman–Crippen LogP) is 3.54. The molecule has 0 radical (unpaired) electrons. The highest BCUT2D eigenvalue weighted by atomic mass is 35.5. The first-order valence-corrected chi connectivity index (χ1v) is 6.96. The summed E-state index contributed by atoms with van der Waals surface area (Å²) in [6.07, 6.45) is 1.51. The molecule has 1 aromatic heterocycles. The van der Waals surface area contributed by atoms with Crippen molar-refractivity contribution in [1.82, 2.24) is 10.3 Å². The van der Waals surface area contributed by atoms with Crippen LogP contribution in [0, 0.1) is 6.92 Å². The van der Waals surface area contributed by atoms with Crippen LogP contribution in [0.5, 0.6) is 5.75 Å². The number of rotatable bonds is 4. The smallest absolute Gasteiger partial charge is 0.270 e. The van der Waals surface area contributed by atoms with Gasteiger partial charge in [-0.3, -0.25) is 9.78 Å². The second-order valence-electron chi connectivity index (χ2n) is 4.80. The number of nitrogens with zero attached hydrogens (tertiary/aromatic N) is 1. The molecule has 5 heteroatoms. The number of hydrogen-bond acceptors (Lipinski definition) is 3. The van der Waals surface area contributed by atoms with Gasteiger partial charge in [0.05, 0.1) is 13.2 Å². The largest absolute Gasteiger partial charge is 0.496 e. The van der Waals surface area contributed by atoms with Crippen molar-refractivity contribution in [3.63, 3.8) is 0 Å². The van der Waals surface area contributed by atoms with E-state index in [2.05, 4.69) is 10.3 Å². The molecule has 2 aromatic rings. The number of ether oxygens (including phenoxy) is 1. The van der Waals surface area contributed by atoms with Gasteiger partial charge in [-0.2, -0.15) is 0 Å². The first-order chi connectivity index (χ1) is 10.0. The van der Waals surface area contributed by atoms with Crippen molar-refractivity contribution in [3.8, 4) is 5.75 Å². The highest BCUT2D eigenvalue weighted by Crippen LogP contribution is 2.26. The lowest BCUT2D eigenvalue weighted by Gasteiger charge is -2.17. The van der Waals surface area contributed by atoms with Crippen molar-refractivity contribution < 1.29 is 9.53 Å². The Bertz CT molecular complexity index is 658. The minimum Gasteiger partial charge on any atom is -0.496 e. The zero-order valence-corrected chi connectivity index (χ0v) is 12.9. The number of pyridine rings is 1. The summed E-state index contributed by atoms with van der Waals surface area (Å²) in [5.41, 5.74) is 2.32. The van der Waals surface area contributed by atoms with E-state index in [1.807, 2.05) is 32.0 Å². The second kappa shape index (κ2) is 6.59. The molecule has 0 fully saturated rings. The van der Waals surface area contributed by atoms with Gasteiger partial charge in [-0.1, -0.05) is 29.3 Å². The zero-order valence-electron chi connectivity index (χ0n) is 12.2. The second-order valence-corrected chi connectivity index (χ2v) is 5.24. The molecule has 21 heavy (non-hydrogen) atoms. The molecule has 0 saturated heterocycles. The molecule has 1 N–H and O–H groups in total. The van der Waals surface area contributed by atoms with Gasteiger partial charge >= 0.3 is 0 Å². The van der Waals surface area contributed by atoms with Crippen LogP contribution < -0.4 is 10.1 Å². The van der Waals surface area contributed by atoms with Gasteiger partial charge in [0.1, 0.15) is 11.4 Å². The molecular weight excluding hydrogens is 288 g/mol. The minimum atomic E-state index is -0.270. The Morgan fingerprint density at radius 3 is 2.76 bits per heavy atom. The van der Waals surface area contributed by atoms with Crippen LogP contribution >= 0.6 is 11.6 Å². The number of amides is 1. The maximum atomic E-state index is 12.2. The van der Waals surface area contributed by atoms with E-state index in [-0.39, 0.29) is 11.9 Å². The van der Waals surface area contributed by atoms with Crippen molar-refractivity contribution in [3.05, 3.63) is 58.4 Å². The van der Waals surface area contributed by atoms with Gasteiger partial charge in [-0.25, -0.2) is 0 Å². The zero-order chi connectivity index (χ0) is 15.4. The summed E-state index contributed by atoms with van der Waals surface area (Å²) >= 11 is 5.87. The van der Waals surface area contributed by atoms with Gasteiger partial charge < -0.3 is 10.1 Å². The van der Waals surface area contributed by atoms with Crippen molar-refractivity contribution in [2.75, 3.05) is 7.11 Å². The Hall–Kier alpha value is -2.07. The molecular formula is C16H17ClN2O2. The fourth-order valence-corrected chi connectivity index (χ4v) is 2.23. The molecule has 1 heterocycles. The molecule has 0 aliphatic heterocycles. The summed E-state index contributed by atoms with van der Waals surface area (Å²) in [6, 6.07) is 8.82. The number of halogens is 1. The summed E-state index contributed by atoms with van der Waals surface area (Å²) in [4.78, 5) is 16.2. The van der Waals surface area contributed by atoms with Crippen molar-refractivity contribution in [2.24, 2.45) is 0 Å². The fourth-order valence-electron chi connectivity index (χ4n) is 2.07. The number of carbonyl (C=O) groups is 1. The SMILES string of the molecule is COc1ccc(C)cc1C(C)NC(=O)c1cc(Cl)ccn1. The molecule has 1 amide bonds. The number of hydrogen-bond donors (Lipinski definition) is 1. The number of nitrogens with one attached hydrogen (secondary N) is 1. The maximum absolute atomic E-state index is 12.2. The van der Waals surface area contributed by atoms with Crippen LogP contribution in [0.25, 0.3) is 0 Å². The molecule has 0 spiro atoms. The van der Waals surface area contributed by atoms with Crippen LogP contribution in [-0.2, 0) is 0 Å². The lowest BCUT2D eigenvalue weighted by Crippen LogP contribution is -2.27. The van der Waals surface area contributed by atoms with E-state index in [4.69, 9.17) is 16.3 Å². The van der Waals surface area contributed by atoms with E-state index in [0.29, 0.717) is 10.7 Å². The maximum Gasteiger partial charge on any atom is 0.270 e. The van der Waals surface area contributed by atoms with E-state index >= 15 is 0 Å². The predicted molar refractivity (Wildman–Crippen MR) is 82.9 cm³/mol. The molecule has 0 saturated carbocycles. The summed E-state index contributed by atoms with van der Waals surface area (Å²) < 4.78 is 5.34. The van der Waals surface area contributed by atoms with E-state index in [1.165, 1.54) is 12.3 Å². The number of aromatic nitrogens is 1. The summed E-state index contributed by atoms with van der Waals surface area (Å²) in [7, 11) is 1.61. The van der Waals surface area contributed by atoms with Crippen molar-refractivity contribution in [1.29, 1.82) is 0 Å². The number of benzene rings is 1. The number of carbonyl (C=O) groups excluding carboxylic acids is 1. The molecule has 0 aliphatic rings. The highest BCUT2D eigenvalue weighted by molar-refractivity contribution is 6.30. The van der Waals surface area contributed by atoms with E-state index in [0.717, 1.165) is 16.9 Å². The van der Waals surface area contributed by atoms with Crippen molar-refractivity contribution >= 4 is 17.5 Å². The molecule has 4 nitrogen and oxygen atoms in total. The molecule has 1 atom stereocenters. The van der Waals surface area contributed by atoms with Crippen LogP contribution in [0.4, 0.5) is 0 Å². The first kappa shape index (κ1) is 15.3. The van der Waals surface area contributed by atoms with Gasteiger partial charge in [0.2, 0.25) is 0 Å². The average molecular weight is 305 g/mol. The Morgan fingerprint density at radius 2 is 2.10 bits per heavy atom. The third-order valence-corrected chi connectivity index (χ3v) is 3.39. The molecule has 1 aromatic carbocycles. The Kier molecular flexibility index (Phi) is 4.81. The first-order valence-electron chi connectivity index (χ1n) is 6.58. The Labute approximate surface area is 129 Å². The lowest BCUT2D eigenvalue weighted by atomic mass is 10.0. The summed E-state index contributed by atoms with van der Waals surface area (Å²) in [5, 5.41) is 3.38. The van der Waals surface area contributed by atoms with Gasteiger partial charge in [-0.05, 0) is 32.0 Å². The monoisotopic (exact) mass is 304 g/mol. The molecule has 0 aliphatic carbocycles. The normalized spacial score (nSPS) is 11.8. The van der Waals surface area contributed by atoms with E-state index in [1.54, 1.807) is 13.2 Å². The van der Waals surface area contributed by atoms with Gasteiger partial charge in [0, 0.05) is 16.8 Å². The summed E-state index contributed by atoms with van der Waals surface area (Å²) in [5.74, 6) is 0.473. The minimum absolute atomic E-state index is 0.201. The van der Waals surface area contributed by atoms with E-state index in [9.17, 15) is 4.79 Å². The van der Waals surface area contributed by atoms with Gasteiger partial charge in [-0.15, -0.1) is 0 Å². The molecule has 1 unspecified atom stereocenters. The topological polar surface area (TPSA) is 51.2 Å². The summed E-state index contributed by atoms with van der Waals surface area (Å²) in [6.45, 7) is 3.90. The van der Waals surface area contributed by atoms with Crippen LogP contribution in [-0.4, -0.2) is 18.0 Å². The highest BCUT2D eigenvalue weighted by Gasteiger charge is 2.16. The fraction of sp³-hybridized carbons (Fsp3) is 0.250. The third-order valence-electron chi connectivity index (χ3n) is 3.15. The van der Waals surface area contributed by atoms with Crippen LogP contribution in [0.1, 0.15) is 34.6 Å². The average Bonchev–Trinajstić information content (AvgIpc) is 2.47. The van der Waals surface area contributed by atoms with E-state index < -0.39 is 0 Å². The quantitative estimate of drug-likeness (QED) is 0.940. The Balaban J connectivity index is 2.20. The van der Waals surface area contributed by atoms with Crippen LogP contribution in [0.15, 0.2) is 36.5 Å². The van der Waals surface area contributed by atoms with Gasteiger partial charge in [0.25, 0.3) is 5.91 Å². The number of aryl methyl sites for hydroxylation is 1. The number of methoxy groups -OCH3 is 1. The lowest BCUT2D eigenvalue weighted by molar-refractivity contribution is 0.0934. The standard InChI is InChI=1S/C16H17ClN2O2/c1-10-4-5-15(21-3)13(8-10)11(2)19-16(20)14-9-12(17)6-7-18-14/h4-9,11H,1-3H3,(H,19,20). The third kappa shape index (κ3) is 3.73. The van der Waals surface area contributed by atoms with Gasteiger partial charge in [0.15, 0.2) is 0 Å². The van der Waals surface area contributed by atoms with Crippen LogP contribution in [0.3, 0.4) is 0 Å². The Morgan fingerprint density at radius 1 is 1.33 bits per heavy atom. The van der Waals surface area contributed by atoms with Crippen LogP contribution in [0.2, 0.25) is 5.02 Å². The van der Waals surface area contributed by atoms with Crippen molar-refractivity contribution in [2.45, 2.75) is 19.9 Å². The molecule has 110 valence electrons. The molecule has 0 bridgehead atoms. The molecule has 2 rings (SSSR count).